The molecule has 1 fully saturated rings. The average molecular weight is 539 g/mol. The van der Waals surface area contributed by atoms with Gasteiger partial charge < -0.3 is 5.32 Å². The molecule has 0 saturated heterocycles. The molecule has 2 aliphatic rings. The molecule has 7 rings (SSSR count). The monoisotopic (exact) mass is 538 g/mol. The van der Waals surface area contributed by atoms with Gasteiger partial charge in [0.2, 0.25) is 10.0 Å². The van der Waals surface area contributed by atoms with Crippen LogP contribution in [0.2, 0.25) is 0 Å². The first kappa shape index (κ1) is 23.7. The Hall–Kier alpha value is -4.41. The molecule has 5 aromatic rings. The van der Waals surface area contributed by atoms with Gasteiger partial charge in [-0.05, 0) is 67.3 Å². The first-order chi connectivity index (χ1) is 18.9. The Morgan fingerprint density at radius 1 is 0.897 bits per heavy atom. The zero-order chi connectivity index (χ0) is 26.6. The van der Waals surface area contributed by atoms with Crippen LogP contribution in [0, 0.1) is 5.82 Å². The van der Waals surface area contributed by atoms with Crippen molar-refractivity contribution in [2.75, 3.05) is 5.32 Å². The SMILES string of the molecule is O=S(=O)(NC1(c2ccc(-c3nnc4n3-c3cccnc3Nc3ccccc3-4)cc2)CCC1)c1cccc(F)c1. The molecule has 0 amide bonds. The normalized spacial score (nSPS) is 15.2. The number of hydrogen-bond acceptors (Lipinski definition) is 6. The number of para-hydroxylation sites is 1. The number of anilines is 2. The quantitative estimate of drug-likeness (QED) is 0.298. The van der Waals surface area contributed by atoms with E-state index in [0.29, 0.717) is 30.3 Å². The highest BCUT2D eigenvalue weighted by atomic mass is 32.2. The van der Waals surface area contributed by atoms with E-state index >= 15 is 0 Å². The Kier molecular flexibility index (Phi) is 5.36. The molecule has 2 N–H and O–H groups in total. The number of rotatable bonds is 5. The third kappa shape index (κ3) is 3.91. The highest BCUT2D eigenvalue weighted by Gasteiger charge is 2.42. The molecule has 1 aliphatic carbocycles. The van der Waals surface area contributed by atoms with Gasteiger partial charge in [-0.3, -0.25) is 4.57 Å². The lowest BCUT2D eigenvalue weighted by Gasteiger charge is -2.42. The number of aromatic nitrogens is 4. The minimum absolute atomic E-state index is 0.0855. The average Bonchev–Trinajstić information content (AvgIpc) is 3.31. The maximum atomic E-state index is 13.7. The van der Waals surface area contributed by atoms with E-state index in [0.717, 1.165) is 40.6 Å². The van der Waals surface area contributed by atoms with E-state index in [1.165, 1.54) is 18.2 Å². The summed E-state index contributed by atoms with van der Waals surface area (Å²) in [6.07, 6.45) is 3.94. The molecule has 1 aliphatic heterocycles. The van der Waals surface area contributed by atoms with Crippen molar-refractivity contribution in [3.8, 4) is 28.5 Å². The fraction of sp³-hybridized carbons (Fsp3) is 0.138. The van der Waals surface area contributed by atoms with Gasteiger partial charge in [-0.2, -0.15) is 0 Å². The molecule has 0 spiro atoms. The van der Waals surface area contributed by atoms with Crippen molar-refractivity contribution >= 4 is 21.5 Å². The van der Waals surface area contributed by atoms with Gasteiger partial charge in [0.15, 0.2) is 17.5 Å². The summed E-state index contributed by atoms with van der Waals surface area (Å²) >= 11 is 0. The second-order valence-corrected chi connectivity index (χ2v) is 11.5. The fourth-order valence-corrected chi connectivity index (χ4v) is 6.81. The summed E-state index contributed by atoms with van der Waals surface area (Å²) < 4.78 is 44.8. The van der Waals surface area contributed by atoms with Crippen molar-refractivity contribution in [1.82, 2.24) is 24.5 Å². The van der Waals surface area contributed by atoms with Crippen molar-refractivity contribution in [3.05, 3.63) is 103 Å². The van der Waals surface area contributed by atoms with E-state index in [1.54, 1.807) is 6.20 Å². The van der Waals surface area contributed by atoms with E-state index in [2.05, 4.69) is 25.2 Å². The number of pyridine rings is 1. The van der Waals surface area contributed by atoms with E-state index in [4.69, 9.17) is 0 Å². The van der Waals surface area contributed by atoms with Gasteiger partial charge in [0.05, 0.1) is 21.8 Å². The third-order valence-corrected chi connectivity index (χ3v) is 8.98. The van der Waals surface area contributed by atoms with Crippen molar-refractivity contribution in [1.29, 1.82) is 0 Å². The Labute approximate surface area is 224 Å². The Morgan fingerprint density at radius 3 is 2.46 bits per heavy atom. The third-order valence-electron chi connectivity index (χ3n) is 7.45. The van der Waals surface area contributed by atoms with Crippen molar-refractivity contribution < 1.29 is 12.8 Å². The first-order valence-electron chi connectivity index (χ1n) is 12.6. The highest BCUT2D eigenvalue weighted by molar-refractivity contribution is 7.89. The van der Waals surface area contributed by atoms with Gasteiger partial charge >= 0.3 is 0 Å². The zero-order valence-corrected chi connectivity index (χ0v) is 21.5. The fourth-order valence-electron chi connectivity index (χ4n) is 5.33. The number of hydrogen-bond donors (Lipinski definition) is 2. The molecule has 0 unspecified atom stereocenters. The van der Waals surface area contributed by atoms with Gasteiger partial charge in [0.1, 0.15) is 5.82 Å². The lowest BCUT2D eigenvalue weighted by atomic mass is 9.72. The summed E-state index contributed by atoms with van der Waals surface area (Å²) in [5, 5.41) is 12.5. The molecule has 0 atom stereocenters. The van der Waals surface area contributed by atoms with Crippen molar-refractivity contribution in [3.63, 3.8) is 0 Å². The molecule has 3 aromatic carbocycles. The molecule has 3 heterocycles. The Morgan fingerprint density at radius 2 is 1.69 bits per heavy atom. The minimum atomic E-state index is -3.91. The van der Waals surface area contributed by atoms with Crippen LogP contribution in [-0.2, 0) is 15.6 Å². The van der Waals surface area contributed by atoms with Gasteiger partial charge in [0.25, 0.3) is 0 Å². The highest BCUT2D eigenvalue weighted by Crippen LogP contribution is 2.44. The predicted molar refractivity (Wildman–Crippen MR) is 146 cm³/mol. The van der Waals surface area contributed by atoms with E-state index in [-0.39, 0.29) is 4.90 Å². The van der Waals surface area contributed by atoms with Gasteiger partial charge in [-0.15, -0.1) is 10.2 Å². The van der Waals surface area contributed by atoms with Crippen LogP contribution >= 0.6 is 0 Å². The van der Waals surface area contributed by atoms with Crippen molar-refractivity contribution in [2.45, 2.75) is 29.7 Å². The summed E-state index contributed by atoms with van der Waals surface area (Å²) in [6, 6.07) is 24.5. The minimum Gasteiger partial charge on any atom is -0.338 e. The summed E-state index contributed by atoms with van der Waals surface area (Å²) in [5.74, 6) is 1.45. The molecule has 39 heavy (non-hydrogen) atoms. The standard InChI is InChI=1S/C29H23FN6O2S/c30-21-6-3-7-22(18-21)39(37,38)35-29(15-5-16-29)20-13-11-19(12-14-20)27-33-34-28-23-8-1-2-9-24(23)32-26-25(36(27)28)10-4-17-31-26/h1-4,6-14,17-18,35H,5,15-16H2,(H,31,32). The van der Waals surface area contributed by atoms with Crippen LogP contribution < -0.4 is 10.0 Å². The van der Waals surface area contributed by atoms with Crippen LogP contribution in [-0.4, -0.2) is 28.2 Å². The lowest BCUT2D eigenvalue weighted by Crippen LogP contribution is -2.50. The van der Waals surface area contributed by atoms with Crippen LogP contribution in [0.15, 0.2) is 96.0 Å². The van der Waals surface area contributed by atoms with Crippen LogP contribution in [0.25, 0.3) is 28.5 Å². The molecule has 0 radical (unpaired) electrons. The molecular formula is C29H23FN6O2S. The van der Waals surface area contributed by atoms with Gasteiger partial charge in [0, 0.05) is 17.3 Å². The maximum Gasteiger partial charge on any atom is 0.241 e. The van der Waals surface area contributed by atoms with Crippen LogP contribution in [0.3, 0.4) is 0 Å². The molecule has 8 nitrogen and oxygen atoms in total. The molecule has 1 saturated carbocycles. The number of nitrogens with zero attached hydrogens (tertiary/aromatic N) is 4. The molecular weight excluding hydrogens is 515 g/mol. The van der Waals surface area contributed by atoms with Crippen LogP contribution in [0.1, 0.15) is 24.8 Å². The topological polar surface area (TPSA) is 102 Å². The van der Waals surface area contributed by atoms with Gasteiger partial charge in [-0.25, -0.2) is 22.5 Å². The van der Waals surface area contributed by atoms with Crippen LogP contribution in [0.5, 0.6) is 0 Å². The molecule has 10 heteroatoms. The first-order valence-corrected chi connectivity index (χ1v) is 14.1. The van der Waals surface area contributed by atoms with Crippen LogP contribution in [0.4, 0.5) is 15.9 Å². The zero-order valence-electron chi connectivity index (χ0n) is 20.7. The summed E-state index contributed by atoms with van der Waals surface area (Å²) in [5.41, 5.74) is 3.56. The van der Waals surface area contributed by atoms with E-state index in [9.17, 15) is 12.8 Å². The number of nitrogens with one attached hydrogen (secondary N) is 2. The summed E-state index contributed by atoms with van der Waals surface area (Å²) in [7, 11) is -3.91. The Bertz CT molecular complexity index is 1830. The molecule has 2 aromatic heterocycles. The number of sulfonamides is 1. The Balaban J connectivity index is 1.27. The molecule has 194 valence electrons. The predicted octanol–water partition coefficient (Wildman–Crippen LogP) is 5.55. The summed E-state index contributed by atoms with van der Waals surface area (Å²) in [4.78, 5) is 4.46. The second-order valence-electron chi connectivity index (χ2n) is 9.80. The largest absolute Gasteiger partial charge is 0.338 e. The number of halogens is 1. The smallest absolute Gasteiger partial charge is 0.241 e. The maximum absolute atomic E-state index is 13.7. The second kappa shape index (κ2) is 8.82. The number of benzene rings is 3. The number of fused-ring (bicyclic) bond motifs is 5. The molecule has 0 bridgehead atoms. The van der Waals surface area contributed by atoms with E-state index in [1.807, 2.05) is 65.2 Å². The van der Waals surface area contributed by atoms with Gasteiger partial charge in [-0.1, -0.05) is 42.5 Å². The summed E-state index contributed by atoms with van der Waals surface area (Å²) in [6.45, 7) is 0. The van der Waals surface area contributed by atoms with E-state index < -0.39 is 21.4 Å². The van der Waals surface area contributed by atoms with Crippen molar-refractivity contribution in [2.24, 2.45) is 0 Å². The lowest BCUT2D eigenvalue weighted by molar-refractivity contribution is 0.224.